The smallest absolute Gasteiger partial charge is 0.234 e. The number of hydrogen-bond donors (Lipinski definition) is 3. The molecular formula is C13H22N2O2. The van der Waals surface area contributed by atoms with Crippen molar-refractivity contribution >= 4 is 5.91 Å². The zero-order valence-electron chi connectivity index (χ0n) is 10.5. The monoisotopic (exact) mass is 238 g/mol. The first-order valence-electron chi connectivity index (χ1n) is 6.18. The van der Waals surface area contributed by atoms with Gasteiger partial charge >= 0.3 is 0 Å². The van der Waals surface area contributed by atoms with Crippen LogP contribution in [-0.4, -0.2) is 36.2 Å². The van der Waals surface area contributed by atoms with Gasteiger partial charge in [0, 0.05) is 0 Å². The molecule has 0 radical (unpaired) electrons. The van der Waals surface area contributed by atoms with Crippen LogP contribution in [0.1, 0.15) is 32.6 Å². The first-order valence-corrected chi connectivity index (χ1v) is 6.18. The third-order valence-corrected chi connectivity index (χ3v) is 3.31. The molecule has 0 aromatic carbocycles. The SMILES string of the molecule is C#CCNCC(=O)NC1(CO)CCCC(C)C1. The second-order valence-corrected chi connectivity index (χ2v) is 5.00. The van der Waals surface area contributed by atoms with Gasteiger partial charge in [-0.3, -0.25) is 10.1 Å². The summed E-state index contributed by atoms with van der Waals surface area (Å²) in [4.78, 5) is 11.7. The third kappa shape index (κ3) is 4.37. The summed E-state index contributed by atoms with van der Waals surface area (Å²) in [6.45, 7) is 2.76. The maximum atomic E-state index is 11.7. The molecule has 4 nitrogen and oxygen atoms in total. The lowest BCUT2D eigenvalue weighted by Gasteiger charge is -2.39. The predicted octanol–water partition coefficient (Wildman–Crippen LogP) is 0.267. The van der Waals surface area contributed by atoms with E-state index in [1.54, 1.807) is 0 Å². The van der Waals surface area contributed by atoms with Gasteiger partial charge in [0.2, 0.25) is 5.91 Å². The first kappa shape index (κ1) is 14.0. The van der Waals surface area contributed by atoms with E-state index < -0.39 is 5.54 Å². The molecule has 0 spiro atoms. The second-order valence-electron chi connectivity index (χ2n) is 5.00. The highest BCUT2D eigenvalue weighted by molar-refractivity contribution is 5.78. The molecule has 96 valence electrons. The number of aliphatic hydroxyl groups excluding tert-OH is 1. The molecule has 1 amide bonds. The van der Waals surface area contributed by atoms with Crippen molar-refractivity contribution in [3.8, 4) is 12.3 Å². The Kier molecular flexibility index (Phi) is 5.46. The summed E-state index contributed by atoms with van der Waals surface area (Å²) >= 11 is 0. The molecule has 0 heterocycles. The van der Waals surface area contributed by atoms with Crippen LogP contribution in [-0.2, 0) is 4.79 Å². The normalized spacial score (nSPS) is 28.4. The van der Waals surface area contributed by atoms with Gasteiger partial charge in [-0.25, -0.2) is 0 Å². The molecule has 0 aromatic heterocycles. The van der Waals surface area contributed by atoms with Gasteiger partial charge in [-0.15, -0.1) is 6.42 Å². The Morgan fingerprint density at radius 2 is 2.41 bits per heavy atom. The summed E-state index contributed by atoms with van der Waals surface area (Å²) in [6.07, 6.45) is 9.02. The van der Waals surface area contributed by atoms with Crippen molar-refractivity contribution in [2.75, 3.05) is 19.7 Å². The molecule has 0 aliphatic heterocycles. The van der Waals surface area contributed by atoms with Crippen LogP contribution in [0.5, 0.6) is 0 Å². The Morgan fingerprint density at radius 1 is 1.65 bits per heavy atom. The molecule has 0 saturated heterocycles. The topological polar surface area (TPSA) is 61.4 Å². The average Bonchev–Trinajstić information content (AvgIpc) is 2.29. The van der Waals surface area contributed by atoms with E-state index in [9.17, 15) is 9.90 Å². The third-order valence-electron chi connectivity index (χ3n) is 3.31. The summed E-state index contributed by atoms with van der Waals surface area (Å²) in [5.74, 6) is 2.87. The highest BCUT2D eigenvalue weighted by atomic mass is 16.3. The molecule has 1 rings (SSSR count). The summed E-state index contributed by atoms with van der Waals surface area (Å²) < 4.78 is 0. The van der Waals surface area contributed by atoms with Crippen molar-refractivity contribution in [2.24, 2.45) is 5.92 Å². The minimum atomic E-state index is -0.424. The number of rotatable bonds is 5. The number of hydrogen-bond acceptors (Lipinski definition) is 3. The van der Waals surface area contributed by atoms with Gasteiger partial charge in [-0.05, 0) is 18.8 Å². The molecule has 2 atom stereocenters. The second kappa shape index (κ2) is 6.63. The molecule has 1 aliphatic rings. The Labute approximate surface area is 103 Å². The van der Waals surface area contributed by atoms with Crippen LogP contribution in [0.2, 0.25) is 0 Å². The van der Waals surface area contributed by atoms with E-state index in [4.69, 9.17) is 6.42 Å². The highest BCUT2D eigenvalue weighted by Gasteiger charge is 2.35. The van der Waals surface area contributed by atoms with Crippen molar-refractivity contribution in [2.45, 2.75) is 38.1 Å². The number of carbonyl (C=O) groups is 1. The van der Waals surface area contributed by atoms with Gasteiger partial charge in [0.1, 0.15) is 0 Å². The largest absolute Gasteiger partial charge is 0.394 e. The molecular weight excluding hydrogens is 216 g/mol. The van der Waals surface area contributed by atoms with Crippen LogP contribution >= 0.6 is 0 Å². The van der Waals surface area contributed by atoms with Crippen LogP contribution < -0.4 is 10.6 Å². The Hall–Kier alpha value is -1.05. The van der Waals surface area contributed by atoms with Crippen LogP contribution in [0.4, 0.5) is 0 Å². The van der Waals surface area contributed by atoms with Crippen LogP contribution in [0, 0.1) is 18.3 Å². The molecule has 4 heteroatoms. The fourth-order valence-electron chi connectivity index (χ4n) is 2.54. The molecule has 0 aromatic rings. The maximum Gasteiger partial charge on any atom is 0.234 e. The van der Waals surface area contributed by atoms with Crippen molar-refractivity contribution in [3.63, 3.8) is 0 Å². The highest BCUT2D eigenvalue weighted by Crippen LogP contribution is 2.31. The van der Waals surface area contributed by atoms with E-state index in [2.05, 4.69) is 23.5 Å². The summed E-state index contributed by atoms with van der Waals surface area (Å²) in [6, 6.07) is 0. The summed E-state index contributed by atoms with van der Waals surface area (Å²) in [5.41, 5.74) is -0.424. The first-order chi connectivity index (χ1) is 8.12. The van der Waals surface area contributed by atoms with Gasteiger partial charge in [-0.1, -0.05) is 25.7 Å². The van der Waals surface area contributed by atoms with Gasteiger partial charge in [0.05, 0.1) is 25.2 Å². The van der Waals surface area contributed by atoms with Crippen molar-refractivity contribution < 1.29 is 9.90 Å². The van der Waals surface area contributed by atoms with Crippen LogP contribution in [0.25, 0.3) is 0 Å². The summed E-state index contributed by atoms with van der Waals surface area (Å²) in [7, 11) is 0. The molecule has 0 bridgehead atoms. The fourth-order valence-corrected chi connectivity index (χ4v) is 2.54. The Balaban J connectivity index is 2.45. The molecule has 3 N–H and O–H groups in total. The van der Waals surface area contributed by atoms with E-state index in [1.807, 2.05) is 0 Å². The minimum absolute atomic E-state index is 0.0121. The predicted molar refractivity (Wildman–Crippen MR) is 67.3 cm³/mol. The quantitative estimate of drug-likeness (QED) is 0.476. The lowest BCUT2D eigenvalue weighted by atomic mass is 9.77. The van der Waals surface area contributed by atoms with Crippen molar-refractivity contribution in [3.05, 3.63) is 0 Å². The van der Waals surface area contributed by atoms with Gasteiger partial charge in [-0.2, -0.15) is 0 Å². The molecule has 1 fully saturated rings. The van der Waals surface area contributed by atoms with E-state index in [1.165, 1.54) is 6.42 Å². The number of aliphatic hydroxyl groups is 1. The zero-order chi connectivity index (χ0) is 12.7. The van der Waals surface area contributed by atoms with Gasteiger partial charge in [0.15, 0.2) is 0 Å². The number of amides is 1. The maximum absolute atomic E-state index is 11.7. The van der Waals surface area contributed by atoms with E-state index >= 15 is 0 Å². The standard InChI is InChI=1S/C13H22N2O2/c1-3-7-14-9-12(17)15-13(10-16)6-4-5-11(2)8-13/h1,11,14,16H,4-10H2,2H3,(H,15,17). The average molecular weight is 238 g/mol. The van der Waals surface area contributed by atoms with Gasteiger partial charge in [0.25, 0.3) is 0 Å². The molecule has 2 unspecified atom stereocenters. The van der Waals surface area contributed by atoms with Crippen LogP contribution in [0.3, 0.4) is 0 Å². The molecule has 1 aliphatic carbocycles. The molecule has 17 heavy (non-hydrogen) atoms. The lowest BCUT2D eigenvalue weighted by Crippen LogP contribution is -2.55. The van der Waals surface area contributed by atoms with Crippen LogP contribution in [0.15, 0.2) is 0 Å². The van der Waals surface area contributed by atoms with Crippen molar-refractivity contribution in [1.82, 2.24) is 10.6 Å². The van der Waals surface area contributed by atoms with Crippen molar-refractivity contribution in [1.29, 1.82) is 0 Å². The number of nitrogens with one attached hydrogen (secondary N) is 2. The number of carbonyl (C=O) groups excluding carboxylic acids is 1. The van der Waals surface area contributed by atoms with E-state index in [0.717, 1.165) is 19.3 Å². The summed E-state index contributed by atoms with van der Waals surface area (Å²) in [5, 5.41) is 15.3. The lowest BCUT2D eigenvalue weighted by molar-refractivity contribution is -0.123. The Bertz CT molecular complexity index is 298. The molecule has 1 saturated carbocycles. The minimum Gasteiger partial charge on any atom is -0.394 e. The van der Waals surface area contributed by atoms with E-state index in [0.29, 0.717) is 12.5 Å². The zero-order valence-corrected chi connectivity index (χ0v) is 10.5. The number of terminal acetylenes is 1. The fraction of sp³-hybridized carbons (Fsp3) is 0.769. The Morgan fingerprint density at radius 3 is 3.00 bits per heavy atom. The van der Waals surface area contributed by atoms with E-state index in [-0.39, 0.29) is 19.1 Å². The van der Waals surface area contributed by atoms with Gasteiger partial charge < -0.3 is 10.4 Å².